The number of carbonyl (C=O) groups is 1. The normalized spacial score (nSPS) is 12.9. The van der Waals surface area contributed by atoms with E-state index in [1.807, 2.05) is 6.07 Å². The minimum Gasteiger partial charge on any atom is -0.493 e. The summed E-state index contributed by atoms with van der Waals surface area (Å²) in [7, 11) is 1.53. The number of ether oxygens (including phenoxy) is 2. The molecule has 0 spiro atoms. The number of methoxy groups -OCH3 is 1. The topological polar surface area (TPSA) is 73.1 Å². The molecule has 1 aliphatic rings. The molecule has 2 aromatic heterocycles. The molecule has 1 aliphatic carbocycles. The number of nitrogens with one attached hydrogen (secondary N) is 1. The van der Waals surface area contributed by atoms with Crippen molar-refractivity contribution in [3.63, 3.8) is 0 Å². The van der Waals surface area contributed by atoms with Crippen molar-refractivity contribution in [3.05, 3.63) is 62.9 Å². The van der Waals surface area contributed by atoms with E-state index in [2.05, 4.69) is 16.2 Å². The zero-order chi connectivity index (χ0) is 23.2. The summed E-state index contributed by atoms with van der Waals surface area (Å²) >= 11 is 7.95. The molecule has 0 radical (unpaired) electrons. The van der Waals surface area contributed by atoms with Crippen molar-refractivity contribution in [1.29, 1.82) is 0 Å². The van der Waals surface area contributed by atoms with E-state index < -0.39 is 0 Å². The number of carbonyl (C=O) groups excluding carboxylic acids is 1. The second-order valence-electron chi connectivity index (χ2n) is 7.44. The minimum absolute atomic E-state index is 0.0841. The third-order valence-corrected chi connectivity index (χ3v) is 6.75. The van der Waals surface area contributed by atoms with Crippen molar-refractivity contribution in [2.45, 2.75) is 32.2 Å². The molecule has 1 amide bonds. The molecule has 0 saturated heterocycles. The number of halogens is 1. The largest absolute Gasteiger partial charge is 0.493 e. The van der Waals surface area contributed by atoms with Gasteiger partial charge in [0.1, 0.15) is 17.4 Å². The van der Waals surface area contributed by atoms with Gasteiger partial charge in [-0.25, -0.2) is 4.99 Å². The van der Waals surface area contributed by atoms with Gasteiger partial charge in [-0.05, 0) is 61.1 Å². The quantitative estimate of drug-likeness (QED) is 0.336. The number of nitrogens with zero attached hydrogens (tertiary/aromatic N) is 1. The fraction of sp³-hybridized carbons (Fsp3) is 0.280. The average molecular weight is 483 g/mol. The molecular weight excluding hydrogens is 460 g/mol. The van der Waals surface area contributed by atoms with Gasteiger partial charge in [-0.15, -0.1) is 17.8 Å². The predicted octanol–water partition coefficient (Wildman–Crippen LogP) is 5.57. The molecule has 0 fully saturated rings. The number of terminal acetylenes is 1. The first-order valence-electron chi connectivity index (χ1n) is 10.5. The van der Waals surface area contributed by atoms with Gasteiger partial charge in [-0.3, -0.25) is 4.79 Å². The summed E-state index contributed by atoms with van der Waals surface area (Å²) < 4.78 is 16.2. The predicted molar refractivity (Wildman–Crippen MR) is 130 cm³/mol. The highest BCUT2D eigenvalue weighted by molar-refractivity contribution is 7.16. The van der Waals surface area contributed by atoms with Gasteiger partial charge in [-0.2, -0.15) is 0 Å². The van der Waals surface area contributed by atoms with E-state index in [0.717, 1.165) is 36.8 Å². The molecule has 6 nitrogen and oxygen atoms in total. The van der Waals surface area contributed by atoms with Crippen LogP contribution in [0.3, 0.4) is 0 Å². The van der Waals surface area contributed by atoms with E-state index in [4.69, 9.17) is 31.9 Å². The summed E-state index contributed by atoms with van der Waals surface area (Å²) in [4.78, 5) is 19.0. The van der Waals surface area contributed by atoms with Crippen LogP contribution in [0.15, 0.2) is 39.9 Å². The molecular formula is C25H23ClN2O4S. The van der Waals surface area contributed by atoms with Crippen LogP contribution in [-0.2, 0) is 19.4 Å². The molecule has 8 heteroatoms. The van der Waals surface area contributed by atoms with E-state index in [0.29, 0.717) is 39.4 Å². The maximum absolute atomic E-state index is 13.1. The second-order valence-corrected chi connectivity index (χ2v) is 8.93. The zero-order valence-electron chi connectivity index (χ0n) is 18.2. The molecule has 3 aromatic rings. The minimum atomic E-state index is -0.147. The Morgan fingerprint density at radius 2 is 2.24 bits per heavy atom. The Morgan fingerprint density at radius 1 is 1.39 bits per heavy atom. The van der Waals surface area contributed by atoms with Gasteiger partial charge in [0, 0.05) is 11.1 Å². The Hall–Kier alpha value is -3.21. The van der Waals surface area contributed by atoms with Gasteiger partial charge in [0.15, 0.2) is 11.5 Å². The van der Waals surface area contributed by atoms with Crippen molar-refractivity contribution >= 4 is 40.1 Å². The molecule has 0 bridgehead atoms. The van der Waals surface area contributed by atoms with E-state index in [1.54, 1.807) is 42.0 Å². The lowest BCUT2D eigenvalue weighted by Gasteiger charge is -2.12. The van der Waals surface area contributed by atoms with E-state index in [9.17, 15) is 4.79 Å². The number of hydrogen-bond acceptors (Lipinski definition) is 6. The lowest BCUT2D eigenvalue weighted by Crippen LogP contribution is -2.23. The van der Waals surface area contributed by atoms with Gasteiger partial charge in [0.05, 0.1) is 30.5 Å². The average Bonchev–Trinajstić information content (AvgIpc) is 3.47. The highest BCUT2D eigenvalue weighted by Crippen LogP contribution is 2.40. The Labute approximate surface area is 201 Å². The van der Waals surface area contributed by atoms with Crippen LogP contribution >= 0.6 is 22.9 Å². The number of furan rings is 1. The molecule has 4 rings (SSSR count). The summed E-state index contributed by atoms with van der Waals surface area (Å²) in [5.41, 5.74) is 2.46. The number of aryl methyl sites for hydroxylation is 1. The standard InChI is InChI=1S/C25H23ClN2O4S/c1-3-10-32-23-19(26)12-16(13-20(23)30-2)14-28-25-22(18-8-4-5-9-21(18)33-25)24(29)27-15-17-7-6-11-31-17/h1,6-7,11-14H,4-5,8-10,15H2,2H3,(H,27,29). The molecule has 0 unspecified atom stereocenters. The van der Waals surface area contributed by atoms with Crippen molar-refractivity contribution in [3.8, 4) is 23.8 Å². The number of rotatable bonds is 8. The van der Waals surface area contributed by atoms with Crippen LogP contribution in [-0.4, -0.2) is 25.8 Å². The van der Waals surface area contributed by atoms with Gasteiger partial charge >= 0.3 is 0 Å². The van der Waals surface area contributed by atoms with E-state index in [-0.39, 0.29) is 12.5 Å². The maximum atomic E-state index is 13.1. The number of fused-ring (bicyclic) bond motifs is 1. The molecule has 33 heavy (non-hydrogen) atoms. The number of amides is 1. The number of aliphatic imine (C=N–C) groups is 1. The Kier molecular flexibility index (Phi) is 7.38. The summed E-state index contributed by atoms with van der Waals surface area (Å²) in [6.45, 7) is 0.409. The summed E-state index contributed by atoms with van der Waals surface area (Å²) in [5.74, 6) is 3.81. The molecule has 0 atom stereocenters. The van der Waals surface area contributed by atoms with Gasteiger partial charge < -0.3 is 19.2 Å². The number of thiophene rings is 1. The summed E-state index contributed by atoms with van der Waals surface area (Å²) in [5, 5.41) is 4.01. The van der Waals surface area contributed by atoms with Crippen LogP contribution in [0.25, 0.3) is 0 Å². The van der Waals surface area contributed by atoms with E-state index in [1.165, 1.54) is 12.0 Å². The van der Waals surface area contributed by atoms with Crippen molar-refractivity contribution in [2.75, 3.05) is 13.7 Å². The lowest BCUT2D eigenvalue weighted by molar-refractivity contribution is 0.0948. The maximum Gasteiger partial charge on any atom is 0.255 e. The number of benzene rings is 1. The second kappa shape index (κ2) is 10.6. The van der Waals surface area contributed by atoms with Crippen LogP contribution in [0, 0.1) is 12.3 Å². The number of hydrogen-bond donors (Lipinski definition) is 1. The van der Waals surface area contributed by atoms with Crippen LogP contribution in [0.5, 0.6) is 11.5 Å². The molecule has 170 valence electrons. The van der Waals surface area contributed by atoms with Crippen molar-refractivity contribution in [1.82, 2.24) is 5.32 Å². The summed E-state index contributed by atoms with van der Waals surface area (Å²) in [6.07, 6.45) is 12.6. The first-order chi connectivity index (χ1) is 16.1. The van der Waals surface area contributed by atoms with Crippen LogP contribution in [0.4, 0.5) is 5.00 Å². The molecule has 1 N–H and O–H groups in total. The Bertz CT molecular complexity index is 1210. The van der Waals surface area contributed by atoms with Crippen LogP contribution in [0.2, 0.25) is 5.02 Å². The first-order valence-corrected chi connectivity index (χ1v) is 11.7. The van der Waals surface area contributed by atoms with Crippen LogP contribution in [0.1, 0.15) is 45.0 Å². The smallest absolute Gasteiger partial charge is 0.255 e. The molecule has 0 aliphatic heterocycles. The van der Waals surface area contributed by atoms with Gasteiger partial charge in [0.25, 0.3) is 5.91 Å². The SMILES string of the molecule is C#CCOc1c(Cl)cc(C=Nc2sc3c(c2C(=O)NCc2ccco2)CCCC3)cc1OC. The van der Waals surface area contributed by atoms with Gasteiger partial charge in [0.2, 0.25) is 0 Å². The Balaban J connectivity index is 1.62. The van der Waals surface area contributed by atoms with Crippen molar-refractivity contribution < 1.29 is 18.7 Å². The zero-order valence-corrected chi connectivity index (χ0v) is 19.7. The first kappa shape index (κ1) is 23.0. The third kappa shape index (κ3) is 5.24. The Morgan fingerprint density at radius 3 is 3.00 bits per heavy atom. The third-order valence-electron chi connectivity index (χ3n) is 5.27. The van der Waals surface area contributed by atoms with E-state index >= 15 is 0 Å². The molecule has 2 heterocycles. The molecule has 1 aromatic carbocycles. The monoisotopic (exact) mass is 482 g/mol. The highest BCUT2D eigenvalue weighted by Gasteiger charge is 2.25. The summed E-state index contributed by atoms with van der Waals surface area (Å²) in [6, 6.07) is 7.12. The highest BCUT2D eigenvalue weighted by atomic mass is 35.5. The van der Waals surface area contributed by atoms with Gasteiger partial charge in [-0.1, -0.05) is 17.5 Å². The lowest BCUT2D eigenvalue weighted by atomic mass is 9.95. The molecule has 0 saturated carbocycles. The van der Waals surface area contributed by atoms with Crippen LogP contribution < -0.4 is 14.8 Å². The van der Waals surface area contributed by atoms with Crippen molar-refractivity contribution in [2.24, 2.45) is 4.99 Å². The fourth-order valence-corrected chi connectivity index (χ4v) is 5.25. The fourth-order valence-electron chi connectivity index (χ4n) is 3.75.